The summed E-state index contributed by atoms with van der Waals surface area (Å²) in [6.45, 7) is 2.85. The third kappa shape index (κ3) is 2.13. The molecular weight excluding hydrogens is 282 g/mol. The molecule has 1 unspecified atom stereocenters. The van der Waals surface area contributed by atoms with Gasteiger partial charge in [-0.25, -0.2) is 4.99 Å². The van der Waals surface area contributed by atoms with Gasteiger partial charge in [0.1, 0.15) is 6.54 Å². The quantitative estimate of drug-likeness (QED) is 0.804. The Bertz CT molecular complexity index is 501. The van der Waals surface area contributed by atoms with E-state index in [-0.39, 0.29) is 13.6 Å². The number of quaternary nitrogens is 1. The molecule has 4 heterocycles. The number of nitrogens with zero attached hydrogens (tertiary/aromatic N) is 2. The molecule has 0 aromatic carbocycles. The minimum atomic E-state index is -0.712. The number of furan rings is 1. The molecule has 0 bridgehead atoms. The minimum Gasteiger partial charge on any atom is -0.463 e. The molecule has 0 amide bonds. The van der Waals surface area contributed by atoms with Crippen LogP contribution in [0.2, 0.25) is 0 Å². The van der Waals surface area contributed by atoms with Gasteiger partial charge in [0.15, 0.2) is 37.9 Å². The van der Waals surface area contributed by atoms with Crippen LogP contribution in [0.15, 0.2) is 27.8 Å². The number of aliphatic imine (C=N–C) groups is 1. The smallest absolute Gasteiger partial charge is 0.271 e. The van der Waals surface area contributed by atoms with Gasteiger partial charge in [-0.05, 0) is 12.1 Å². The van der Waals surface area contributed by atoms with Gasteiger partial charge in [-0.15, -0.1) is 0 Å². The summed E-state index contributed by atoms with van der Waals surface area (Å²) in [7, 11) is 0. The zero-order valence-corrected chi connectivity index (χ0v) is 11.7. The molecule has 0 saturated carbocycles. The van der Waals surface area contributed by atoms with Crippen molar-refractivity contribution in [1.82, 2.24) is 4.90 Å². The summed E-state index contributed by atoms with van der Waals surface area (Å²) in [5, 5.41) is 0.995. The lowest BCUT2D eigenvalue weighted by atomic mass is 10.4. The molecule has 20 heavy (non-hydrogen) atoms. The Hall–Kier alpha value is -1.06. The predicted octanol–water partition coefficient (Wildman–Crippen LogP) is -0.370. The van der Waals surface area contributed by atoms with Crippen molar-refractivity contribution in [3.63, 3.8) is 0 Å². The van der Waals surface area contributed by atoms with Crippen LogP contribution in [-0.2, 0) is 20.8 Å². The normalized spacial score (nSPS) is 28.5. The van der Waals surface area contributed by atoms with Crippen molar-refractivity contribution in [2.24, 2.45) is 4.99 Å². The fourth-order valence-corrected chi connectivity index (χ4v) is 3.73. The van der Waals surface area contributed by atoms with Crippen molar-refractivity contribution in [1.29, 1.82) is 0 Å². The molecule has 0 aliphatic carbocycles. The fourth-order valence-electron chi connectivity index (χ4n) is 2.58. The van der Waals surface area contributed by atoms with E-state index < -0.39 is 5.91 Å². The third-order valence-electron chi connectivity index (χ3n) is 3.59. The maximum Gasteiger partial charge on any atom is 0.271 e. The van der Waals surface area contributed by atoms with Gasteiger partial charge in [-0.3, -0.25) is 9.80 Å². The average Bonchev–Trinajstić information content (AvgIpc) is 3.10. The predicted molar refractivity (Wildman–Crippen MR) is 70.6 cm³/mol. The van der Waals surface area contributed by atoms with E-state index in [1.54, 1.807) is 18.0 Å². The van der Waals surface area contributed by atoms with E-state index in [1.165, 1.54) is 4.90 Å². The van der Waals surface area contributed by atoms with Crippen molar-refractivity contribution in [2.45, 2.75) is 12.5 Å². The van der Waals surface area contributed by atoms with E-state index in [1.807, 2.05) is 12.1 Å². The van der Waals surface area contributed by atoms with E-state index >= 15 is 0 Å². The SMILES string of the molecule is c1coc(C[NH+]2CN=C3SCC4(OCOCO4)N3C2)c1. The number of hydrogen-bond acceptors (Lipinski definition) is 7. The maximum absolute atomic E-state index is 5.72. The molecule has 7 nitrogen and oxygen atoms in total. The first-order valence-corrected chi connectivity index (χ1v) is 7.51. The number of fused-ring (bicyclic) bond motifs is 2. The van der Waals surface area contributed by atoms with Gasteiger partial charge in [0.05, 0.1) is 12.0 Å². The Morgan fingerprint density at radius 1 is 1.40 bits per heavy atom. The van der Waals surface area contributed by atoms with Crippen LogP contribution in [0.3, 0.4) is 0 Å². The van der Waals surface area contributed by atoms with Gasteiger partial charge >= 0.3 is 0 Å². The minimum absolute atomic E-state index is 0.262. The average molecular weight is 298 g/mol. The van der Waals surface area contributed by atoms with Crippen molar-refractivity contribution in [3.05, 3.63) is 24.2 Å². The Morgan fingerprint density at radius 3 is 3.10 bits per heavy atom. The Morgan fingerprint density at radius 2 is 2.30 bits per heavy atom. The molecule has 1 spiro atoms. The first kappa shape index (κ1) is 12.7. The van der Waals surface area contributed by atoms with Crippen LogP contribution in [0, 0.1) is 0 Å². The van der Waals surface area contributed by atoms with Gasteiger partial charge in [-0.2, -0.15) is 0 Å². The van der Waals surface area contributed by atoms with Gasteiger partial charge in [-0.1, -0.05) is 11.8 Å². The zero-order valence-electron chi connectivity index (χ0n) is 10.9. The molecule has 0 radical (unpaired) electrons. The second-order valence-electron chi connectivity index (χ2n) is 4.92. The first-order chi connectivity index (χ1) is 9.86. The number of nitrogens with one attached hydrogen (secondary N) is 1. The summed E-state index contributed by atoms with van der Waals surface area (Å²) in [6, 6.07) is 3.90. The summed E-state index contributed by atoms with van der Waals surface area (Å²) in [6.07, 6.45) is 1.70. The zero-order chi connectivity index (χ0) is 13.4. The molecule has 2 saturated heterocycles. The Kier molecular flexibility index (Phi) is 3.20. The van der Waals surface area contributed by atoms with E-state index in [4.69, 9.17) is 18.6 Å². The Balaban J connectivity index is 1.51. The Labute approximate surface area is 120 Å². The molecule has 1 aromatic heterocycles. The molecule has 2 fully saturated rings. The molecule has 4 rings (SSSR count). The largest absolute Gasteiger partial charge is 0.463 e. The molecule has 3 aliphatic heterocycles. The van der Waals surface area contributed by atoms with Gasteiger partial charge in [0.25, 0.3) is 5.91 Å². The van der Waals surface area contributed by atoms with Crippen LogP contribution in [-0.4, -0.2) is 48.7 Å². The van der Waals surface area contributed by atoms with Crippen molar-refractivity contribution in [3.8, 4) is 0 Å². The van der Waals surface area contributed by atoms with E-state index in [2.05, 4.69) is 9.89 Å². The van der Waals surface area contributed by atoms with Crippen molar-refractivity contribution < 1.29 is 23.5 Å². The fraction of sp³-hybridized carbons (Fsp3) is 0.583. The van der Waals surface area contributed by atoms with Crippen LogP contribution < -0.4 is 4.90 Å². The molecule has 108 valence electrons. The van der Waals surface area contributed by atoms with Gasteiger partial charge < -0.3 is 18.6 Å². The molecule has 8 heteroatoms. The summed E-state index contributed by atoms with van der Waals surface area (Å²) in [5.74, 6) is 0.980. The summed E-state index contributed by atoms with van der Waals surface area (Å²) in [4.78, 5) is 8.02. The lowest BCUT2D eigenvalue weighted by Crippen LogP contribution is -3.13. The highest BCUT2D eigenvalue weighted by Gasteiger charge is 2.52. The third-order valence-corrected chi connectivity index (χ3v) is 4.70. The second-order valence-corrected chi connectivity index (χ2v) is 5.86. The number of rotatable bonds is 2. The number of thioether (sulfide) groups is 1. The number of ether oxygens (including phenoxy) is 3. The molecule has 1 atom stereocenters. The molecule has 1 aromatic rings. The monoisotopic (exact) mass is 298 g/mol. The van der Waals surface area contributed by atoms with Crippen LogP contribution in [0.1, 0.15) is 5.76 Å². The number of hydrogen-bond donors (Lipinski definition) is 1. The number of amidine groups is 1. The lowest BCUT2D eigenvalue weighted by molar-refractivity contribution is -0.927. The highest BCUT2D eigenvalue weighted by atomic mass is 32.2. The summed E-state index contributed by atoms with van der Waals surface area (Å²) in [5.41, 5.74) is 0. The van der Waals surface area contributed by atoms with E-state index in [0.717, 1.165) is 36.6 Å². The molecular formula is C12H16N3O4S+. The van der Waals surface area contributed by atoms with Crippen molar-refractivity contribution >= 4 is 16.9 Å². The second kappa shape index (κ2) is 5.05. The van der Waals surface area contributed by atoms with Crippen LogP contribution >= 0.6 is 11.8 Å². The first-order valence-electron chi connectivity index (χ1n) is 6.52. The van der Waals surface area contributed by atoms with Crippen LogP contribution in [0.4, 0.5) is 0 Å². The summed E-state index contributed by atoms with van der Waals surface area (Å²) >= 11 is 1.68. The molecule has 3 aliphatic rings. The lowest BCUT2D eigenvalue weighted by Gasteiger charge is -2.41. The standard InChI is InChI=1S/C12H15N3O4S/c1-2-10(17-3-1)4-14-6-13-11-15(7-14)12(5-20-11)18-8-16-9-19-12/h1-3H,4-9H2/p+1. The van der Waals surface area contributed by atoms with Gasteiger partial charge in [0.2, 0.25) is 0 Å². The highest BCUT2D eigenvalue weighted by Crippen LogP contribution is 2.36. The highest BCUT2D eigenvalue weighted by molar-refractivity contribution is 8.14. The maximum atomic E-state index is 5.72. The van der Waals surface area contributed by atoms with E-state index in [9.17, 15) is 0 Å². The molecule has 1 N–H and O–H groups in total. The van der Waals surface area contributed by atoms with Crippen LogP contribution in [0.5, 0.6) is 0 Å². The van der Waals surface area contributed by atoms with Gasteiger partial charge in [0, 0.05) is 0 Å². The topological polar surface area (TPSA) is 60.9 Å². The van der Waals surface area contributed by atoms with Crippen LogP contribution in [0.25, 0.3) is 0 Å². The van der Waals surface area contributed by atoms with Crippen molar-refractivity contribution in [2.75, 3.05) is 32.7 Å². The van der Waals surface area contributed by atoms with E-state index in [0.29, 0.717) is 0 Å². The summed E-state index contributed by atoms with van der Waals surface area (Å²) < 4.78 is 22.0.